The monoisotopic (exact) mass is 254 g/mol. The summed E-state index contributed by atoms with van der Waals surface area (Å²) in [7, 11) is 1.89. The van der Waals surface area contributed by atoms with E-state index in [9.17, 15) is 9.90 Å². The van der Waals surface area contributed by atoms with E-state index in [1.807, 2.05) is 11.9 Å². The number of aliphatic hydroxyl groups is 1. The predicted octanol–water partition coefficient (Wildman–Crippen LogP) is 0.979. The molecule has 3 unspecified atom stereocenters. The number of hydrogen-bond donors (Lipinski definition) is 2. The number of rotatable bonds is 3. The lowest BCUT2D eigenvalue weighted by Gasteiger charge is -2.37. The lowest BCUT2D eigenvalue weighted by atomic mass is 9.78. The molecule has 0 spiro atoms. The first-order valence-corrected chi connectivity index (χ1v) is 7.14. The van der Waals surface area contributed by atoms with Gasteiger partial charge in [-0.05, 0) is 43.9 Å². The van der Waals surface area contributed by atoms with Crippen LogP contribution in [0.3, 0.4) is 0 Å². The minimum atomic E-state index is -0.137. The van der Waals surface area contributed by atoms with E-state index in [1.54, 1.807) is 0 Å². The summed E-state index contributed by atoms with van der Waals surface area (Å²) >= 11 is 0. The molecule has 2 fully saturated rings. The van der Waals surface area contributed by atoms with Crippen LogP contribution in [0.5, 0.6) is 0 Å². The Bertz CT molecular complexity index is 292. The second-order valence-corrected chi connectivity index (χ2v) is 6.48. The van der Waals surface area contributed by atoms with Gasteiger partial charge in [0, 0.05) is 25.6 Å². The molecule has 2 aliphatic carbocycles. The molecule has 1 amide bonds. The molecule has 0 heterocycles. The first-order chi connectivity index (χ1) is 8.45. The number of carbonyl (C=O) groups excluding carboxylic acids is 1. The molecule has 0 aromatic carbocycles. The normalized spacial score (nSPS) is 40.1. The molecule has 4 nitrogen and oxygen atoms in total. The van der Waals surface area contributed by atoms with Crippen LogP contribution in [-0.4, -0.2) is 41.7 Å². The lowest BCUT2D eigenvalue weighted by Crippen LogP contribution is -2.44. The Hall–Kier alpha value is -0.610. The number of nitrogens with zero attached hydrogens (tertiary/aromatic N) is 1. The molecule has 0 aliphatic heterocycles. The molecule has 18 heavy (non-hydrogen) atoms. The van der Waals surface area contributed by atoms with E-state index in [0.717, 1.165) is 38.6 Å². The van der Waals surface area contributed by atoms with Crippen LogP contribution >= 0.6 is 0 Å². The molecule has 0 aromatic rings. The fourth-order valence-electron chi connectivity index (χ4n) is 3.50. The highest BCUT2D eigenvalue weighted by atomic mass is 16.3. The minimum absolute atomic E-state index is 0.110. The number of nitrogens with two attached hydrogens (primary N) is 1. The van der Waals surface area contributed by atoms with Crippen LogP contribution in [0.15, 0.2) is 0 Å². The average Bonchev–Trinajstić information content (AvgIpc) is 2.24. The van der Waals surface area contributed by atoms with Gasteiger partial charge in [0.15, 0.2) is 0 Å². The highest BCUT2D eigenvalue weighted by Gasteiger charge is 2.33. The molecular formula is C14H26N2O2. The van der Waals surface area contributed by atoms with Gasteiger partial charge in [0.2, 0.25) is 5.91 Å². The van der Waals surface area contributed by atoms with Crippen molar-refractivity contribution < 1.29 is 9.90 Å². The van der Waals surface area contributed by atoms with Crippen LogP contribution < -0.4 is 5.73 Å². The molecule has 0 saturated heterocycles. The van der Waals surface area contributed by atoms with Gasteiger partial charge in [0.1, 0.15) is 0 Å². The molecular weight excluding hydrogens is 228 g/mol. The van der Waals surface area contributed by atoms with E-state index < -0.39 is 0 Å². The average molecular weight is 254 g/mol. The second-order valence-electron chi connectivity index (χ2n) is 6.48. The standard InChI is InChI=1S/C14H26N2O2/c1-9-3-11(7-12(15)4-9)14(18)16(2)8-10-5-13(17)6-10/h9-13,17H,3-8,15H2,1-2H3. The maximum atomic E-state index is 12.4. The van der Waals surface area contributed by atoms with Gasteiger partial charge in [-0.1, -0.05) is 6.92 Å². The molecule has 0 aromatic heterocycles. The smallest absolute Gasteiger partial charge is 0.225 e. The Balaban J connectivity index is 1.82. The van der Waals surface area contributed by atoms with Crippen molar-refractivity contribution in [1.29, 1.82) is 0 Å². The van der Waals surface area contributed by atoms with E-state index in [2.05, 4.69) is 6.92 Å². The zero-order valence-corrected chi connectivity index (χ0v) is 11.5. The number of hydrogen-bond acceptors (Lipinski definition) is 3. The molecule has 2 saturated carbocycles. The fraction of sp³-hybridized carbons (Fsp3) is 0.929. The zero-order chi connectivity index (χ0) is 13.3. The van der Waals surface area contributed by atoms with Crippen molar-refractivity contribution in [2.45, 2.75) is 51.2 Å². The summed E-state index contributed by atoms with van der Waals surface area (Å²) in [6, 6.07) is 0.182. The summed E-state index contributed by atoms with van der Waals surface area (Å²) in [5.41, 5.74) is 6.01. The van der Waals surface area contributed by atoms with Gasteiger partial charge >= 0.3 is 0 Å². The predicted molar refractivity (Wildman–Crippen MR) is 70.8 cm³/mol. The Kier molecular flexibility index (Phi) is 4.28. The Labute approximate surface area is 110 Å². The Morgan fingerprint density at radius 1 is 1.28 bits per heavy atom. The topological polar surface area (TPSA) is 66.6 Å². The summed E-state index contributed by atoms with van der Waals surface area (Å²) in [4.78, 5) is 14.2. The molecule has 104 valence electrons. The first-order valence-electron chi connectivity index (χ1n) is 7.14. The van der Waals surface area contributed by atoms with Crippen LogP contribution in [0.25, 0.3) is 0 Å². The van der Waals surface area contributed by atoms with Crippen LogP contribution in [0, 0.1) is 17.8 Å². The van der Waals surface area contributed by atoms with Crippen molar-refractivity contribution in [2.24, 2.45) is 23.5 Å². The van der Waals surface area contributed by atoms with Crippen LogP contribution in [0.2, 0.25) is 0 Å². The molecule has 4 heteroatoms. The summed E-state index contributed by atoms with van der Waals surface area (Å²) in [5.74, 6) is 1.41. The van der Waals surface area contributed by atoms with Gasteiger partial charge in [-0.2, -0.15) is 0 Å². The molecule has 0 radical (unpaired) electrons. The summed E-state index contributed by atoms with van der Waals surface area (Å²) in [6.07, 6.45) is 4.41. The zero-order valence-electron chi connectivity index (χ0n) is 11.5. The maximum Gasteiger partial charge on any atom is 0.225 e. The molecule has 3 atom stereocenters. The molecule has 3 N–H and O–H groups in total. The van der Waals surface area contributed by atoms with Gasteiger partial charge in [0.25, 0.3) is 0 Å². The van der Waals surface area contributed by atoms with Gasteiger partial charge in [-0.3, -0.25) is 4.79 Å². The summed E-state index contributed by atoms with van der Waals surface area (Å²) in [5, 5.41) is 9.27. The van der Waals surface area contributed by atoms with Crippen molar-refractivity contribution in [3.8, 4) is 0 Å². The Morgan fingerprint density at radius 3 is 2.50 bits per heavy atom. The lowest BCUT2D eigenvalue weighted by molar-refractivity contribution is -0.137. The quantitative estimate of drug-likeness (QED) is 0.789. The van der Waals surface area contributed by atoms with Crippen LogP contribution in [0.1, 0.15) is 39.0 Å². The highest BCUT2D eigenvalue weighted by Crippen LogP contribution is 2.31. The third-order valence-electron chi connectivity index (χ3n) is 4.45. The maximum absolute atomic E-state index is 12.4. The van der Waals surface area contributed by atoms with Crippen molar-refractivity contribution in [2.75, 3.05) is 13.6 Å². The van der Waals surface area contributed by atoms with Gasteiger partial charge in [-0.25, -0.2) is 0 Å². The largest absolute Gasteiger partial charge is 0.393 e. The number of amides is 1. The van der Waals surface area contributed by atoms with E-state index >= 15 is 0 Å². The number of carbonyl (C=O) groups is 1. The second kappa shape index (κ2) is 5.57. The van der Waals surface area contributed by atoms with E-state index in [1.165, 1.54) is 0 Å². The van der Waals surface area contributed by atoms with E-state index in [4.69, 9.17) is 5.73 Å². The third-order valence-corrected chi connectivity index (χ3v) is 4.45. The van der Waals surface area contributed by atoms with Crippen LogP contribution in [-0.2, 0) is 4.79 Å². The van der Waals surface area contributed by atoms with Gasteiger partial charge in [-0.15, -0.1) is 0 Å². The van der Waals surface area contributed by atoms with Gasteiger partial charge in [0.05, 0.1) is 6.10 Å². The SMILES string of the molecule is CC1CC(N)CC(C(=O)N(C)CC2CC(O)C2)C1. The van der Waals surface area contributed by atoms with Crippen LogP contribution in [0.4, 0.5) is 0 Å². The molecule has 2 rings (SSSR count). The van der Waals surface area contributed by atoms with E-state index in [-0.39, 0.29) is 24.0 Å². The minimum Gasteiger partial charge on any atom is -0.393 e. The fourth-order valence-corrected chi connectivity index (χ4v) is 3.50. The van der Waals surface area contributed by atoms with Crippen molar-refractivity contribution in [3.05, 3.63) is 0 Å². The first kappa shape index (κ1) is 13.8. The Morgan fingerprint density at radius 2 is 1.94 bits per heavy atom. The van der Waals surface area contributed by atoms with Crippen molar-refractivity contribution >= 4 is 5.91 Å². The van der Waals surface area contributed by atoms with Gasteiger partial charge < -0.3 is 15.7 Å². The number of aliphatic hydroxyl groups excluding tert-OH is 1. The molecule has 0 bridgehead atoms. The van der Waals surface area contributed by atoms with Crippen molar-refractivity contribution in [1.82, 2.24) is 4.90 Å². The summed E-state index contributed by atoms with van der Waals surface area (Å²) < 4.78 is 0. The highest BCUT2D eigenvalue weighted by molar-refractivity contribution is 5.78. The summed E-state index contributed by atoms with van der Waals surface area (Å²) in [6.45, 7) is 2.97. The van der Waals surface area contributed by atoms with E-state index in [0.29, 0.717) is 11.8 Å². The van der Waals surface area contributed by atoms with Crippen molar-refractivity contribution in [3.63, 3.8) is 0 Å². The third kappa shape index (κ3) is 3.23. The molecule has 2 aliphatic rings.